The van der Waals surface area contributed by atoms with Crippen molar-refractivity contribution in [2.24, 2.45) is 29.1 Å². The molecule has 1 aromatic carbocycles. The Labute approximate surface area is 279 Å². The van der Waals surface area contributed by atoms with E-state index >= 15 is 0 Å². The summed E-state index contributed by atoms with van der Waals surface area (Å²) in [7, 11) is -7.51. The second kappa shape index (κ2) is 13.4. The van der Waals surface area contributed by atoms with Gasteiger partial charge in [-0.1, -0.05) is 50.4 Å². The number of allylic oxidation sites excluding steroid dienone is 3. The van der Waals surface area contributed by atoms with E-state index < -0.39 is 36.6 Å². The van der Waals surface area contributed by atoms with Gasteiger partial charge < -0.3 is 14.7 Å². The van der Waals surface area contributed by atoms with Crippen molar-refractivity contribution >= 4 is 43.1 Å². The summed E-state index contributed by atoms with van der Waals surface area (Å²) in [4.78, 5) is 15.6. The van der Waals surface area contributed by atoms with E-state index in [0.717, 1.165) is 43.4 Å². The van der Waals surface area contributed by atoms with Crippen LogP contribution in [0.15, 0.2) is 41.5 Å². The molecular formula is C34H49ClN2O7S2. The summed E-state index contributed by atoms with van der Waals surface area (Å²) in [6.45, 7) is 7.13. The van der Waals surface area contributed by atoms with Gasteiger partial charge in [0.05, 0.1) is 28.9 Å². The molecule has 0 radical (unpaired) electrons. The molecule has 2 aliphatic heterocycles. The molecule has 1 amide bonds. The van der Waals surface area contributed by atoms with Gasteiger partial charge >= 0.3 is 0 Å². The molecule has 9 nitrogen and oxygen atoms in total. The van der Waals surface area contributed by atoms with Crippen molar-refractivity contribution in [3.8, 4) is 5.75 Å². The molecule has 1 saturated carbocycles. The molecule has 2 aliphatic carbocycles. The number of hydrogen-bond donors (Lipinski definition) is 2. The summed E-state index contributed by atoms with van der Waals surface area (Å²) in [5, 5.41) is 11.9. The molecule has 7 atom stereocenters. The molecule has 0 saturated heterocycles. The van der Waals surface area contributed by atoms with E-state index in [0.29, 0.717) is 44.0 Å². The number of sulfonamides is 1. The minimum atomic E-state index is -4.02. The molecule has 46 heavy (non-hydrogen) atoms. The predicted octanol–water partition coefficient (Wildman–Crippen LogP) is 5.44. The average molecular weight is 697 g/mol. The summed E-state index contributed by atoms with van der Waals surface area (Å²) in [5.74, 6) is -0.743. The Morgan fingerprint density at radius 2 is 1.89 bits per heavy atom. The van der Waals surface area contributed by atoms with Crippen molar-refractivity contribution in [2.45, 2.75) is 83.0 Å². The van der Waals surface area contributed by atoms with Crippen LogP contribution in [0.4, 0.5) is 5.69 Å². The van der Waals surface area contributed by atoms with Gasteiger partial charge in [0.15, 0.2) is 0 Å². The number of hydrogen-bond acceptors (Lipinski definition) is 8. The lowest BCUT2D eigenvalue weighted by molar-refractivity contribution is -0.0717. The number of nitrogens with one attached hydrogen (secondary N) is 1. The number of fused-ring (bicyclic) bond motifs is 3. The van der Waals surface area contributed by atoms with Crippen LogP contribution in [0.25, 0.3) is 0 Å². The maximum absolute atomic E-state index is 13.4. The van der Waals surface area contributed by atoms with Gasteiger partial charge in [-0.25, -0.2) is 21.6 Å². The first kappa shape index (κ1) is 35.2. The number of amides is 1. The third-order valence-electron chi connectivity index (χ3n) is 11.0. The van der Waals surface area contributed by atoms with Crippen LogP contribution in [0.2, 0.25) is 0 Å². The SMILES string of the molecule is C[C@@H]1[C@@H](C)CCC[C@](O)(CS(C)(=O)=O)[C@@H]2CC[C@H]2CN2CCCCC3C=C(Cl)C=CC3(C)COc3ccc(cc32)C(=O)NS1(=O)=O. The molecule has 2 unspecified atom stereocenters. The van der Waals surface area contributed by atoms with Crippen LogP contribution in [-0.2, 0) is 19.9 Å². The Hall–Kier alpha value is -2.08. The summed E-state index contributed by atoms with van der Waals surface area (Å²) >= 11 is 6.41. The lowest BCUT2D eigenvalue weighted by Gasteiger charge is -2.49. The van der Waals surface area contributed by atoms with Crippen LogP contribution in [0.5, 0.6) is 5.75 Å². The highest BCUT2D eigenvalue weighted by atomic mass is 35.5. The number of nitrogens with zero attached hydrogens (tertiary/aromatic N) is 1. The van der Waals surface area contributed by atoms with Crippen molar-refractivity contribution in [3.63, 3.8) is 0 Å². The fourth-order valence-electron chi connectivity index (χ4n) is 7.79. The Balaban J connectivity index is 1.57. The van der Waals surface area contributed by atoms with Crippen molar-refractivity contribution in [1.29, 1.82) is 0 Å². The third-order valence-corrected chi connectivity index (χ3v) is 14.2. The highest BCUT2D eigenvalue weighted by molar-refractivity contribution is 7.91. The lowest BCUT2D eigenvalue weighted by atomic mass is 9.63. The minimum Gasteiger partial charge on any atom is -0.490 e. The van der Waals surface area contributed by atoms with Gasteiger partial charge in [-0.05, 0) is 93.4 Å². The summed E-state index contributed by atoms with van der Waals surface area (Å²) in [6, 6.07) is 5.05. The smallest absolute Gasteiger partial charge is 0.264 e. The van der Waals surface area contributed by atoms with Crippen molar-refractivity contribution in [3.05, 3.63) is 47.0 Å². The molecule has 12 heteroatoms. The van der Waals surface area contributed by atoms with E-state index in [4.69, 9.17) is 16.3 Å². The van der Waals surface area contributed by atoms with E-state index in [1.807, 2.05) is 13.0 Å². The molecule has 5 rings (SSSR count). The Morgan fingerprint density at radius 3 is 2.59 bits per heavy atom. The van der Waals surface area contributed by atoms with Gasteiger partial charge in [0, 0.05) is 35.4 Å². The van der Waals surface area contributed by atoms with Crippen molar-refractivity contribution < 1.29 is 31.5 Å². The number of benzene rings is 1. The summed E-state index contributed by atoms with van der Waals surface area (Å²) in [5.41, 5.74) is -0.808. The molecule has 256 valence electrons. The number of ether oxygens (including phenoxy) is 1. The van der Waals surface area contributed by atoms with Gasteiger partial charge in [-0.15, -0.1) is 0 Å². The number of carbonyl (C=O) groups is 1. The van der Waals surface area contributed by atoms with Crippen LogP contribution >= 0.6 is 11.6 Å². The van der Waals surface area contributed by atoms with Gasteiger partial charge in [-0.2, -0.15) is 0 Å². The van der Waals surface area contributed by atoms with Gasteiger partial charge in [0.25, 0.3) is 5.91 Å². The van der Waals surface area contributed by atoms with Crippen LogP contribution in [0, 0.1) is 29.1 Å². The van der Waals surface area contributed by atoms with Gasteiger partial charge in [-0.3, -0.25) is 4.79 Å². The summed E-state index contributed by atoms with van der Waals surface area (Å²) in [6.07, 6.45) is 12.8. The van der Waals surface area contributed by atoms with Crippen LogP contribution in [0.1, 0.15) is 82.5 Å². The topological polar surface area (TPSA) is 130 Å². The minimum absolute atomic E-state index is 0.0385. The van der Waals surface area contributed by atoms with Gasteiger partial charge in [0.1, 0.15) is 15.6 Å². The number of aliphatic hydroxyl groups is 1. The van der Waals surface area contributed by atoms with E-state index in [-0.39, 0.29) is 46.8 Å². The first-order valence-electron chi connectivity index (χ1n) is 16.5. The highest BCUT2D eigenvalue weighted by Gasteiger charge is 2.48. The Kier molecular flexibility index (Phi) is 10.3. The standard InChI is InChI=1S/C34H49ClN2O7S2/c1-23-8-7-15-34(39,22-45(4,40)41)29-12-10-26(29)20-37-17-6-5-9-27-19-28(35)14-16-33(27,3)21-44-31-13-11-25(18-30(31)37)32(38)36-46(42,43)24(23)2/h11,13-14,16,18-19,23-24,26-27,29,39H,5-10,12,15,17,20-22H2,1-4H3,(H,36,38)/t23-,24+,26-,27?,29+,33?,34-/m0/s1. The third kappa shape index (κ3) is 7.79. The normalized spacial score (nSPS) is 35.6. The fraction of sp³-hybridized carbons (Fsp3) is 0.676. The molecule has 1 fully saturated rings. The maximum Gasteiger partial charge on any atom is 0.264 e. The van der Waals surface area contributed by atoms with Crippen molar-refractivity contribution in [2.75, 3.05) is 36.6 Å². The molecule has 1 aromatic rings. The number of anilines is 1. The number of sulfone groups is 1. The van der Waals surface area contributed by atoms with Crippen LogP contribution < -0.4 is 14.4 Å². The van der Waals surface area contributed by atoms with E-state index in [2.05, 4.69) is 28.7 Å². The zero-order valence-corrected chi connectivity index (χ0v) is 29.8. The molecule has 0 aromatic heterocycles. The Morgan fingerprint density at radius 1 is 1.13 bits per heavy atom. The predicted molar refractivity (Wildman–Crippen MR) is 182 cm³/mol. The zero-order chi connectivity index (χ0) is 33.5. The fourth-order valence-corrected chi connectivity index (χ4v) is 10.6. The zero-order valence-electron chi connectivity index (χ0n) is 27.4. The van der Waals surface area contributed by atoms with Crippen molar-refractivity contribution in [1.82, 2.24) is 4.72 Å². The second-order valence-electron chi connectivity index (χ2n) is 14.6. The number of carbonyl (C=O) groups excluding carboxylic acids is 1. The first-order valence-corrected chi connectivity index (χ1v) is 20.5. The highest BCUT2D eigenvalue weighted by Crippen LogP contribution is 2.47. The number of rotatable bonds is 2. The molecule has 2 heterocycles. The second-order valence-corrected chi connectivity index (χ2v) is 19.2. The first-order chi connectivity index (χ1) is 21.5. The molecule has 0 spiro atoms. The maximum atomic E-state index is 13.4. The van der Waals surface area contributed by atoms with Gasteiger partial charge in [0.2, 0.25) is 10.0 Å². The monoisotopic (exact) mass is 696 g/mol. The van der Waals surface area contributed by atoms with Crippen LogP contribution in [0.3, 0.4) is 0 Å². The molecule has 2 N–H and O–H groups in total. The molecular weight excluding hydrogens is 648 g/mol. The Bertz CT molecular complexity index is 1590. The summed E-state index contributed by atoms with van der Waals surface area (Å²) < 4.78 is 60.7. The lowest BCUT2D eigenvalue weighted by Crippen LogP contribution is -2.54. The number of halogens is 1. The quantitative estimate of drug-likeness (QED) is 0.418. The van der Waals surface area contributed by atoms with Crippen LogP contribution in [-0.4, -0.2) is 70.4 Å². The molecule has 4 aliphatic rings. The van der Waals surface area contributed by atoms with E-state index in [1.165, 1.54) is 0 Å². The van der Waals surface area contributed by atoms with E-state index in [1.54, 1.807) is 25.1 Å². The van der Waals surface area contributed by atoms with E-state index in [9.17, 15) is 26.7 Å². The average Bonchev–Trinajstić information content (AvgIpc) is 2.96. The molecule has 2 bridgehead atoms. The largest absolute Gasteiger partial charge is 0.490 e.